The molecule has 8 heavy (non-hydrogen) atoms. The second-order valence-corrected chi connectivity index (χ2v) is 2.69. The molecule has 0 aromatic carbocycles. The zero-order chi connectivity index (χ0) is 6.41. The average molecular weight is 136 g/mol. The predicted molar refractivity (Wildman–Crippen MR) is 35.7 cm³/mol. The van der Waals surface area contributed by atoms with E-state index >= 15 is 0 Å². The van der Waals surface area contributed by atoms with Crippen molar-refractivity contribution in [2.75, 3.05) is 19.3 Å². The van der Waals surface area contributed by atoms with Gasteiger partial charge in [-0.15, -0.1) is 0 Å². The van der Waals surface area contributed by atoms with Crippen LogP contribution in [0, 0.1) is 0 Å². The summed E-state index contributed by atoms with van der Waals surface area (Å²) in [7, 11) is -0.873. The molecule has 0 aliphatic heterocycles. The summed E-state index contributed by atoms with van der Waals surface area (Å²) in [6.07, 6.45) is 2.50. The first-order chi connectivity index (χ1) is 3.77. The third-order valence-corrected chi connectivity index (χ3v) is 1.30. The summed E-state index contributed by atoms with van der Waals surface area (Å²) in [5.41, 5.74) is 5.18. The van der Waals surface area contributed by atoms with Crippen LogP contribution in [0.2, 0.25) is 0 Å². The molecule has 50 valence electrons. The maximum Gasteiger partial charge on any atom is 0.0883 e. The Morgan fingerprint density at radius 3 is 2.75 bits per heavy atom. The predicted octanol–water partition coefficient (Wildman–Crippen LogP) is -0.782. The van der Waals surface area contributed by atoms with Gasteiger partial charge in [0.15, 0.2) is 0 Å². The van der Waals surface area contributed by atoms with E-state index in [0.29, 0.717) is 6.54 Å². The van der Waals surface area contributed by atoms with E-state index in [9.17, 15) is 4.21 Å². The molecule has 0 bridgehead atoms. The van der Waals surface area contributed by atoms with Crippen molar-refractivity contribution in [1.29, 1.82) is 0 Å². The van der Waals surface area contributed by atoms with Gasteiger partial charge >= 0.3 is 0 Å². The molecular weight excluding hydrogens is 124 g/mol. The van der Waals surface area contributed by atoms with Crippen molar-refractivity contribution in [3.8, 4) is 0 Å². The normalized spacial score (nSPS) is 13.8. The first kappa shape index (κ1) is 8.07. The molecule has 4 heteroatoms. The van der Waals surface area contributed by atoms with Gasteiger partial charge < -0.3 is 5.73 Å². The zero-order valence-corrected chi connectivity index (χ0v) is 5.83. The van der Waals surface area contributed by atoms with Crippen molar-refractivity contribution in [3.63, 3.8) is 0 Å². The fourth-order valence-electron chi connectivity index (χ4n) is 0.318. The molecule has 0 heterocycles. The lowest BCUT2D eigenvalue weighted by Gasteiger charge is -1.95. The Balaban J connectivity index is 2.82. The number of nitrogens with one attached hydrogen (secondary N) is 1. The largest absolute Gasteiger partial charge is 0.330 e. The van der Waals surface area contributed by atoms with Gasteiger partial charge in [-0.1, -0.05) is 0 Å². The molecule has 3 nitrogen and oxygen atoms in total. The highest BCUT2D eigenvalue weighted by Gasteiger charge is 1.85. The van der Waals surface area contributed by atoms with E-state index in [4.69, 9.17) is 5.73 Å². The minimum Gasteiger partial charge on any atom is -0.330 e. The van der Waals surface area contributed by atoms with Gasteiger partial charge in [0, 0.05) is 12.8 Å². The van der Waals surface area contributed by atoms with Crippen molar-refractivity contribution in [2.45, 2.75) is 6.42 Å². The van der Waals surface area contributed by atoms with Crippen LogP contribution in [-0.4, -0.2) is 23.6 Å². The molecule has 0 radical (unpaired) electrons. The molecule has 0 saturated carbocycles. The topological polar surface area (TPSA) is 55.1 Å². The van der Waals surface area contributed by atoms with Crippen LogP contribution in [-0.2, 0) is 11.0 Å². The first-order valence-corrected chi connectivity index (χ1v) is 4.10. The van der Waals surface area contributed by atoms with E-state index < -0.39 is 11.0 Å². The first-order valence-electron chi connectivity index (χ1n) is 2.54. The van der Waals surface area contributed by atoms with Gasteiger partial charge in [-0.2, -0.15) is 0 Å². The summed E-state index contributed by atoms with van der Waals surface area (Å²) in [5, 5.41) is 0. The van der Waals surface area contributed by atoms with Gasteiger partial charge in [-0.05, 0) is 13.0 Å². The molecule has 1 unspecified atom stereocenters. The second-order valence-electron chi connectivity index (χ2n) is 1.49. The molecule has 0 aromatic rings. The van der Waals surface area contributed by atoms with Crippen LogP contribution in [0.3, 0.4) is 0 Å². The van der Waals surface area contributed by atoms with E-state index in [0.717, 1.165) is 13.0 Å². The molecule has 0 spiro atoms. The van der Waals surface area contributed by atoms with Crippen molar-refractivity contribution >= 4 is 11.0 Å². The van der Waals surface area contributed by atoms with E-state index in [1.165, 1.54) is 0 Å². The number of hydrogen-bond donors (Lipinski definition) is 2. The van der Waals surface area contributed by atoms with Crippen molar-refractivity contribution < 1.29 is 4.21 Å². The summed E-state index contributed by atoms with van der Waals surface area (Å²) >= 11 is 0. The van der Waals surface area contributed by atoms with Gasteiger partial charge in [0.2, 0.25) is 0 Å². The molecular formula is C4H12N2OS. The third-order valence-electron chi connectivity index (χ3n) is 0.686. The molecule has 0 amide bonds. The van der Waals surface area contributed by atoms with Crippen molar-refractivity contribution in [3.05, 3.63) is 0 Å². The summed E-state index contributed by atoms with van der Waals surface area (Å²) in [4.78, 5) is 0. The van der Waals surface area contributed by atoms with Gasteiger partial charge in [-0.3, -0.25) is 0 Å². The van der Waals surface area contributed by atoms with Crippen molar-refractivity contribution in [1.82, 2.24) is 4.72 Å². The lowest BCUT2D eigenvalue weighted by molar-refractivity contribution is 0.672. The summed E-state index contributed by atoms with van der Waals surface area (Å²) in [5.74, 6) is 0. The highest BCUT2D eigenvalue weighted by Crippen LogP contribution is 1.69. The number of rotatable bonds is 4. The van der Waals surface area contributed by atoms with E-state index in [2.05, 4.69) is 4.72 Å². The molecule has 1 atom stereocenters. The van der Waals surface area contributed by atoms with Crippen LogP contribution < -0.4 is 10.5 Å². The SMILES string of the molecule is CS(=O)NCCCN. The Labute approximate surface area is 52.2 Å². The smallest absolute Gasteiger partial charge is 0.0883 e. The number of hydrogen-bond acceptors (Lipinski definition) is 2. The maximum absolute atomic E-state index is 10.3. The van der Waals surface area contributed by atoms with E-state index in [1.54, 1.807) is 6.26 Å². The minimum absolute atomic E-state index is 0.657. The van der Waals surface area contributed by atoms with Crippen LogP contribution >= 0.6 is 0 Å². The molecule has 0 saturated heterocycles. The highest BCUT2D eigenvalue weighted by atomic mass is 32.2. The maximum atomic E-state index is 10.3. The Kier molecular flexibility index (Phi) is 5.26. The molecule has 0 rings (SSSR count). The van der Waals surface area contributed by atoms with E-state index in [-0.39, 0.29) is 0 Å². The van der Waals surface area contributed by atoms with Gasteiger partial charge in [0.25, 0.3) is 0 Å². The summed E-state index contributed by atoms with van der Waals surface area (Å²) < 4.78 is 13.0. The van der Waals surface area contributed by atoms with Crippen LogP contribution in [0.15, 0.2) is 0 Å². The molecule has 0 aliphatic carbocycles. The Bertz CT molecular complexity index is 76.4. The molecule has 0 aromatic heterocycles. The van der Waals surface area contributed by atoms with Crippen LogP contribution in [0.25, 0.3) is 0 Å². The molecule has 3 N–H and O–H groups in total. The van der Waals surface area contributed by atoms with Crippen molar-refractivity contribution in [2.24, 2.45) is 5.73 Å². The quantitative estimate of drug-likeness (QED) is 0.498. The number of nitrogens with two attached hydrogens (primary N) is 1. The van der Waals surface area contributed by atoms with Crippen LogP contribution in [0.5, 0.6) is 0 Å². The Morgan fingerprint density at radius 1 is 1.75 bits per heavy atom. The second kappa shape index (κ2) is 5.21. The molecule has 0 fully saturated rings. The van der Waals surface area contributed by atoms with Crippen LogP contribution in [0.1, 0.15) is 6.42 Å². The summed E-state index contributed by atoms with van der Waals surface area (Å²) in [6, 6.07) is 0. The van der Waals surface area contributed by atoms with E-state index in [1.807, 2.05) is 0 Å². The van der Waals surface area contributed by atoms with Gasteiger partial charge in [-0.25, -0.2) is 8.93 Å². The third kappa shape index (κ3) is 6.07. The van der Waals surface area contributed by atoms with Gasteiger partial charge in [0.1, 0.15) is 0 Å². The average Bonchev–Trinajstić information content (AvgIpc) is 1.66. The lowest BCUT2D eigenvalue weighted by Crippen LogP contribution is -2.19. The van der Waals surface area contributed by atoms with Gasteiger partial charge in [0.05, 0.1) is 11.0 Å². The highest BCUT2D eigenvalue weighted by molar-refractivity contribution is 7.82. The Hall–Kier alpha value is 0.0700. The van der Waals surface area contributed by atoms with Crippen LogP contribution in [0.4, 0.5) is 0 Å². The molecule has 0 aliphatic rings. The standard InChI is InChI=1S/C4H12N2OS/c1-8(7)6-4-2-3-5/h6H,2-5H2,1H3. The lowest BCUT2D eigenvalue weighted by atomic mass is 10.4. The summed E-state index contributed by atoms with van der Waals surface area (Å²) in [6.45, 7) is 1.41. The minimum atomic E-state index is -0.873. The Morgan fingerprint density at radius 2 is 2.38 bits per heavy atom. The fourth-order valence-corrected chi connectivity index (χ4v) is 0.750. The zero-order valence-electron chi connectivity index (χ0n) is 5.02. The fraction of sp³-hybridized carbons (Fsp3) is 1.00. The monoisotopic (exact) mass is 136 g/mol.